The van der Waals surface area contributed by atoms with Gasteiger partial charge in [-0.2, -0.15) is 0 Å². The van der Waals surface area contributed by atoms with Crippen molar-refractivity contribution in [1.82, 2.24) is 0 Å². The van der Waals surface area contributed by atoms with Gasteiger partial charge in [0.05, 0.1) is 0 Å². The van der Waals surface area contributed by atoms with Crippen LogP contribution in [-0.2, 0) is 8.85 Å². The molecule has 2 aliphatic rings. The first kappa shape index (κ1) is 18.9. The van der Waals surface area contributed by atoms with E-state index in [9.17, 15) is 0 Å². The summed E-state index contributed by atoms with van der Waals surface area (Å²) in [5.41, 5.74) is 1.25. The Morgan fingerprint density at radius 3 is 1.52 bits per heavy atom. The zero-order valence-corrected chi connectivity index (χ0v) is 16.6. The van der Waals surface area contributed by atoms with Crippen LogP contribution >= 0.6 is 0 Å². The van der Waals surface area contributed by atoms with Crippen LogP contribution in [0, 0.1) is 11.8 Å². The quantitative estimate of drug-likeness (QED) is 0.400. The maximum atomic E-state index is 6.77. The molecule has 0 saturated heterocycles. The molecule has 0 aromatic carbocycles. The van der Waals surface area contributed by atoms with E-state index in [-0.39, 0.29) is 0 Å². The van der Waals surface area contributed by atoms with Crippen molar-refractivity contribution in [3.63, 3.8) is 0 Å². The van der Waals surface area contributed by atoms with E-state index in [1.165, 1.54) is 25.7 Å². The van der Waals surface area contributed by atoms with Crippen LogP contribution in [0.1, 0.15) is 66.2 Å². The Morgan fingerprint density at radius 1 is 0.783 bits per heavy atom. The molecule has 0 spiro atoms. The van der Waals surface area contributed by atoms with Gasteiger partial charge in [0, 0.05) is 24.3 Å². The summed E-state index contributed by atoms with van der Waals surface area (Å²) in [4.78, 5) is 0. The lowest BCUT2D eigenvalue weighted by molar-refractivity contribution is 0.117. The van der Waals surface area contributed by atoms with Crippen molar-refractivity contribution < 1.29 is 8.85 Å². The Morgan fingerprint density at radius 2 is 1.22 bits per heavy atom. The average molecular weight is 337 g/mol. The van der Waals surface area contributed by atoms with Crippen molar-refractivity contribution in [1.29, 1.82) is 0 Å². The Labute approximate surface area is 144 Å². The van der Waals surface area contributed by atoms with E-state index in [4.69, 9.17) is 8.85 Å². The van der Waals surface area contributed by atoms with Gasteiger partial charge < -0.3 is 8.85 Å². The lowest BCUT2D eigenvalue weighted by Gasteiger charge is -2.44. The fourth-order valence-corrected chi connectivity index (χ4v) is 8.71. The summed E-state index contributed by atoms with van der Waals surface area (Å²) < 4.78 is 13.5. The van der Waals surface area contributed by atoms with Crippen LogP contribution in [0.3, 0.4) is 0 Å². The highest BCUT2D eigenvalue weighted by atomic mass is 28.4. The second kappa shape index (κ2) is 9.19. The van der Waals surface area contributed by atoms with Crippen molar-refractivity contribution in [2.75, 3.05) is 13.2 Å². The van der Waals surface area contributed by atoms with Crippen LogP contribution in [0.5, 0.6) is 0 Å². The smallest absolute Gasteiger partial charge is 0.345 e. The van der Waals surface area contributed by atoms with Gasteiger partial charge in [-0.1, -0.05) is 52.0 Å². The molecule has 2 aliphatic carbocycles. The topological polar surface area (TPSA) is 18.5 Å². The summed E-state index contributed by atoms with van der Waals surface area (Å²) >= 11 is 0. The Hall–Kier alpha value is -0.383. The summed E-state index contributed by atoms with van der Waals surface area (Å²) in [7, 11) is -2.22. The molecule has 0 saturated carbocycles. The molecule has 0 aliphatic heterocycles. The minimum Gasteiger partial charge on any atom is -0.394 e. The third-order valence-electron chi connectivity index (χ3n) is 4.96. The minimum absolute atomic E-state index is 0.572. The molecule has 132 valence electrons. The summed E-state index contributed by atoms with van der Waals surface area (Å²) in [5.74, 6) is 1.14. The van der Waals surface area contributed by atoms with E-state index < -0.39 is 8.56 Å². The molecule has 0 amide bonds. The van der Waals surface area contributed by atoms with E-state index in [2.05, 4.69) is 52.0 Å². The zero-order valence-electron chi connectivity index (χ0n) is 15.6. The Bertz CT molecular complexity index is 362. The summed E-state index contributed by atoms with van der Waals surface area (Å²) in [6, 6.07) is 0. The van der Waals surface area contributed by atoms with Crippen LogP contribution in [0.25, 0.3) is 0 Å². The van der Waals surface area contributed by atoms with Gasteiger partial charge in [-0.3, -0.25) is 0 Å². The fourth-order valence-electron chi connectivity index (χ4n) is 3.76. The number of hydrogen-bond donors (Lipinski definition) is 0. The summed E-state index contributed by atoms with van der Waals surface area (Å²) in [6.07, 6.45) is 16.6. The highest BCUT2D eigenvalue weighted by molar-refractivity contribution is 6.70. The first-order valence-corrected chi connectivity index (χ1v) is 11.6. The number of allylic oxidation sites excluding steroid dienone is 4. The van der Waals surface area contributed by atoms with Gasteiger partial charge in [-0.15, -0.1) is 0 Å². The van der Waals surface area contributed by atoms with Gasteiger partial charge in [0.15, 0.2) is 0 Å². The van der Waals surface area contributed by atoms with Gasteiger partial charge in [0.25, 0.3) is 0 Å². The van der Waals surface area contributed by atoms with Crippen LogP contribution < -0.4 is 0 Å². The molecule has 2 rings (SSSR count). The molecule has 0 aromatic rings. The summed E-state index contributed by atoms with van der Waals surface area (Å²) in [6.45, 7) is 10.7. The van der Waals surface area contributed by atoms with Gasteiger partial charge in [-0.25, -0.2) is 0 Å². The predicted octanol–water partition coefficient (Wildman–Crippen LogP) is 5.99. The number of rotatable bonds is 8. The van der Waals surface area contributed by atoms with Gasteiger partial charge >= 0.3 is 8.56 Å². The van der Waals surface area contributed by atoms with Crippen LogP contribution in [0.4, 0.5) is 0 Å². The SMILES string of the molecule is CC(C)CO[Si](OCC(C)C)(C1CC=CCC1)C1CC=CCC1. The molecule has 0 fully saturated rings. The highest BCUT2D eigenvalue weighted by Gasteiger charge is 2.51. The highest BCUT2D eigenvalue weighted by Crippen LogP contribution is 2.47. The standard InChI is InChI=1S/C20H36O2Si/c1-17(2)15-21-23(22-16-18(3)4,19-11-7-5-8-12-19)20-13-9-6-10-14-20/h5-7,9,17-20H,8,10-16H2,1-4H3. The van der Waals surface area contributed by atoms with Crippen LogP contribution in [-0.4, -0.2) is 21.8 Å². The monoisotopic (exact) mass is 336 g/mol. The first-order valence-electron chi connectivity index (χ1n) is 9.62. The molecule has 0 bridgehead atoms. The Balaban J connectivity index is 2.25. The minimum atomic E-state index is -2.22. The van der Waals surface area contributed by atoms with E-state index in [0.717, 1.165) is 26.1 Å². The third kappa shape index (κ3) is 5.30. The van der Waals surface area contributed by atoms with Crippen molar-refractivity contribution >= 4 is 8.56 Å². The number of hydrogen-bond acceptors (Lipinski definition) is 2. The van der Waals surface area contributed by atoms with Crippen molar-refractivity contribution in [2.24, 2.45) is 11.8 Å². The maximum absolute atomic E-state index is 6.77. The lowest BCUT2D eigenvalue weighted by atomic mass is 10.1. The molecular weight excluding hydrogens is 300 g/mol. The molecular formula is C20H36O2Si. The van der Waals surface area contributed by atoms with Gasteiger partial charge in [0.1, 0.15) is 0 Å². The lowest BCUT2D eigenvalue weighted by Crippen LogP contribution is -2.53. The zero-order chi connectivity index (χ0) is 16.7. The first-order chi connectivity index (χ1) is 11.0. The molecule has 3 heteroatoms. The molecule has 0 aromatic heterocycles. The molecule has 0 heterocycles. The van der Waals surface area contributed by atoms with E-state index in [1.54, 1.807) is 0 Å². The van der Waals surface area contributed by atoms with E-state index in [1.807, 2.05) is 0 Å². The largest absolute Gasteiger partial charge is 0.394 e. The van der Waals surface area contributed by atoms with Gasteiger partial charge in [-0.05, 0) is 50.4 Å². The third-order valence-corrected chi connectivity index (χ3v) is 9.52. The van der Waals surface area contributed by atoms with Crippen LogP contribution in [0.15, 0.2) is 24.3 Å². The van der Waals surface area contributed by atoms with Crippen molar-refractivity contribution in [2.45, 2.75) is 77.3 Å². The second-order valence-corrected chi connectivity index (χ2v) is 11.7. The fraction of sp³-hybridized carbons (Fsp3) is 0.800. The average Bonchev–Trinajstić information content (AvgIpc) is 2.56. The van der Waals surface area contributed by atoms with Crippen LogP contribution in [0.2, 0.25) is 11.1 Å². The van der Waals surface area contributed by atoms with Gasteiger partial charge in [0.2, 0.25) is 0 Å². The van der Waals surface area contributed by atoms with E-state index >= 15 is 0 Å². The molecule has 2 nitrogen and oxygen atoms in total. The normalized spacial score (nSPS) is 25.5. The molecule has 0 N–H and O–H groups in total. The summed E-state index contributed by atoms with van der Waals surface area (Å²) in [5, 5.41) is 0. The predicted molar refractivity (Wildman–Crippen MR) is 101 cm³/mol. The van der Waals surface area contributed by atoms with E-state index in [0.29, 0.717) is 22.9 Å². The molecule has 0 radical (unpaired) electrons. The maximum Gasteiger partial charge on any atom is 0.345 e. The van der Waals surface area contributed by atoms with Crippen molar-refractivity contribution in [3.05, 3.63) is 24.3 Å². The molecule has 2 atom stereocenters. The second-order valence-electron chi connectivity index (χ2n) is 8.09. The molecule has 2 unspecified atom stereocenters. The van der Waals surface area contributed by atoms with Crippen molar-refractivity contribution in [3.8, 4) is 0 Å². The molecule has 23 heavy (non-hydrogen) atoms. The Kier molecular flexibility index (Phi) is 7.57.